The summed E-state index contributed by atoms with van der Waals surface area (Å²) in [5.74, 6) is -0.234. The number of carbonyl (C=O) groups excluding carboxylic acids is 2. The van der Waals surface area contributed by atoms with Crippen molar-refractivity contribution in [1.29, 1.82) is 0 Å². The third kappa shape index (κ3) is 5.33. The molecule has 1 fully saturated rings. The third-order valence-corrected chi connectivity index (χ3v) is 4.99. The molecular weight excluding hydrogens is 354 g/mol. The Bertz CT molecular complexity index is 827. The lowest BCUT2D eigenvalue weighted by molar-refractivity contribution is -0.114. The van der Waals surface area contributed by atoms with Crippen molar-refractivity contribution in [3.63, 3.8) is 0 Å². The van der Waals surface area contributed by atoms with E-state index in [1.54, 1.807) is 24.3 Å². The zero-order valence-electron chi connectivity index (χ0n) is 16.4. The van der Waals surface area contributed by atoms with Crippen LogP contribution in [0.3, 0.4) is 0 Å². The molecule has 1 saturated heterocycles. The minimum Gasteiger partial charge on any atom is -0.376 e. The van der Waals surface area contributed by atoms with Gasteiger partial charge < -0.3 is 20.7 Å². The van der Waals surface area contributed by atoms with Gasteiger partial charge in [-0.2, -0.15) is 0 Å². The van der Waals surface area contributed by atoms with Crippen LogP contribution in [0.5, 0.6) is 0 Å². The van der Waals surface area contributed by atoms with Gasteiger partial charge in [0.2, 0.25) is 5.91 Å². The molecule has 0 aromatic heterocycles. The molecule has 0 saturated carbocycles. The fourth-order valence-electron chi connectivity index (χ4n) is 3.12. The SMILES string of the molecule is Cc1cccc(NC(=O)CNc2ccc(C(=O)NCC3CCCO3)cc2)c1C. The zero-order valence-corrected chi connectivity index (χ0v) is 16.4. The average molecular weight is 381 g/mol. The number of aryl methyl sites for hydroxylation is 1. The Morgan fingerprint density at radius 3 is 2.61 bits per heavy atom. The molecule has 6 heteroatoms. The lowest BCUT2D eigenvalue weighted by Crippen LogP contribution is -2.31. The number of ether oxygens (including phenoxy) is 1. The van der Waals surface area contributed by atoms with Gasteiger partial charge in [-0.15, -0.1) is 0 Å². The van der Waals surface area contributed by atoms with Gasteiger partial charge in [-0.1, -0.05) is 12.1 Å². The van der Waals surface area contributed by atoms with Crippen LogP contribution >= 0.6 is 0 Å². The molecule has 0 bridgehead atoms. The minimum absolute atomic E-state index is 0.116. The quantitative estimate of drug-likeness (QED) is 0.688. The predicted octanol–water partition coefficient (Wildman–Crippen LogP) is 3.26. The summed E-state index contributed by atoms with van der Waals surface area (Å²) >= 11 is 0. The third-order valence-electron chi connectivity index (χ3n) is 4.99. The Morgan fingerprint density at radius 1 is 1.11 bits per heavy atom. The molecule has 1 heterocycles. The van der Waals surface area contributed by atoms with Gasteiger partial charge in [0.05, 0.1) is 12.6 Å². The van der Waals surface area contributed by atoms with Gasteiger partial charge >= 0.3 is 0 Å². The van der Waals surface area contributed by atoms with Crippen LogP contribution in [0.1, 0.15) is 34.3 Å². The van der Waals surface area contributed by atoms with Gasteiger partial charge in [-0.25, -0.2) is 0 Å². The van der Waals surface area contributed by atoms with E-state index in [-0.39, 0.29) is 24.5 Å². The van der Waals surface area contributed by atoms with Crippen LogP contribution in [0, 0.1) is 13.8 Å². The second-order valence-corrected chi connectivity index (χ2v) is 7.07. The number of rotatable bonds is 7. The van der Waals surface area contributed by atoms with Gasteiger partial charge in [-0.3, -0.25) is 9.59 Å². The molecule has 0 radical (unpaired) electrons. The van der Waals surface area contributed by atoms with Gasteiger partial charge in [0.1, 0.15) is 0 Å². The monoisotopic (exact) mass is 381 g/mol. The lowest BCUT2D eigenvalue weighted by atomic mass is 10.1. The van der Waals surface area contributed by atoms with Gasteiger partial charge in [0, 0.05) is 30.1 Å². The summed E-state index contributed by atoms with van der Waals surface area (Å²) < 4.78 is 5.51. The average Bonchev–Trinajstić information content (AvgIpc) is 3.22. The van der Waals surface area contributed by atoms with E-state index in [2.05, 4.69) is 16.0 Å². The molecule has 1 atom stereocenters. The molecule has 2 aromatic rings. The van der Waals surface area contributed by atoms with Crippen molar-refractivity contribution in [2.45, 2.75) is 32.8 Å². The number of hydrogen-bond donors (Lipinski definition) is 3. The van der Waals surface area contributed by atoms with Crippen LogP contribution in [0.15, 0.2) is 42.5 Å². The van der Waals surface area contributed by atoms with Crippen LogP contribution in [0.2, 0.25) is 0 Å². The summed E-state index contributed by atoms with van der Waals surface area (Å²) in [5.41, 5.74) is 4.40. The van der Waals surface area contributed by atoms with E-state index in [0.717, 1.165) is 42.0 Å². The number of amides is 2. The summed E-state index contributed by atoms with van der Waals surface area (Å²) in [6, 6.07) is 12.9. The first-order chi connectivity index (χ1) is 13.5. The summed E-state index contributed by atoms with van der Waals surface area (Å²) in [5, 5.41) is 8.89. The molecule has 3 N–H and O–H groups in total. The Labute approximate surface area is 165 Å². The van der Waals surface area contributed by atoms with E-state index in [1.165, 1.54) is 0 Å². The van der Waals surface area contributed by atoms with Gasteiger partial charge in [-0.05, 0) is 68.1 Å². The van der Waals surface area contributed by atoms with Crippen LogP contribution in [-0.2, 0) is 9.53 Å². The predicted molar refractivity (Wildman–Crippen MR) is 111 cm³/mol. The Kier molecular flexibility index (Phi) is 6.66. The van der Waals surface area contributed by atoms with Crippen LogP contribution in [0.25, 0.3) is 0 Å². The van der Waals surface area contributed by atoms with E-state index in [9.17, 15) is 9.59 Å². The van der Waals surface area contributed by atoms with Crippen molar-refractivity contribution in [1.82, 2.24) is 5.32 Å². The van der Waals surface area contributed by atoms with Gasteiger partial charge in [0.25, 0.3) is 5.91 Å². The second kappa shape index (κ2) is 9.37. The smallest absolute Gasteiger partial charge is 0.251 e. The molecule has 6 nitrogen and oxygen atoms in total. The zero-order chi connectivity index (χ0) is 19.9. The highest BCUT2D eigenvalue weighted by molar-refractivity contribution is 5.95. The number of carbonyl (C=O) groups is 2. The highest BCUT2D eigenvalue weighted by Crippen LogP contribution is 2.18. The Balaban J connectivity index is 1.46. The Hall–Kier alpha value is -2.86. The maximum Gasteiger partial charge on any atom is 0.251 e. The molecule has 1 unspecified atom stereocenters. The minimum atomic E-state index is -0.118. The highest BCUT2D eigenvalue weighted by atomic mass is 16.5. The van der Waals surface area contributed by atoms with Gasteiger partial charge in [0.15, 0.2) is 0 Å². The van der Waals surface area contributed by atoms with Crippen molar-refractivity contribution in [3.8, 4) is 0 Å². The summed E-state index contributed by atoms with van der Waals surface area (Å²) in [7, 11) is 0. The standard InChI is InChI=1S/C22H27N3O3/c1-15-5-3-7-20(16(15)2)25-21(26)14-23-18-10-8-17(9-11-18)22(27)24-13-19-6-4-12-28-19/h3,5,7-11,19,23H,4,6,12-14H2,1-2H3,(H,24,27)(H,25,26). The highest BCUT2D eigenvalue weighted by Gasteiger charge is 2.16. The van der Waals surface area contributed by atoms with Crippen molar-refractivity contribution in [2.75, 3.05) is 30.3 Å². The van der Waals surface area contributed by atoms with Crippen molar-refractivity contribution >= 4 is 23.2 Å². The molecule has 148 valence electrons. The lowest BCUT2D eigenvalue weighted by Gasteiger charge is -2.12. The van der Waals surface area contributed by atoms with Crippen molar-refractivity contribution in [3.05, 3.63) is 59.2 Å². The van der Waals surface area contributed by atoms with Crippen molar-refractivity contribution < 1.29 is 14.3 Å². The van der Waals surface area contributed by atoms with Crippen LogP contribution in [0.4, 0.5) is 11.4 Å². The molecule has 2 amide bonds. The summed E-state index contributed by atoms with van der Waals surface area (Å²) in [6.07, 6.45) is 2.17. The fourth-order valence-corrected chi connectivity index (χ4v) is 3.12. The first-order valence-electron chi connectivity index (χ1n) is 9.63. The Morgan fingerprint density at radius 2 is 1.89 bits per heavy atom. The van der Waals surface area contributed by atoms with E-state index in [0.29, 0.717) is 12.1 Å². The molecule has 2 aromatic carbocycles. The molecule has 0 aliphatic carbocycles. The normalized spacial score (nSPS) is 15.9. The molecule has 1 aliphatic heterocycles. The molecule has 0 spiro atoms. The second-order valence-electron chi connectivity index (χ2n) is 7.07. The number of nitrogens with one attached hydrogen (secondary N) is 3. The summed E-state index contributed by atoms with van der Waals surface area (Å²) in [4.78, 5) is 24.4. The molecular formula is C22H27N3O3. The van der Waals surface area contributed by atoms with E-state index in [4.69, 9.17) is 4.74 Å². The fraction of sp³-hybridized carbons (Fsp3) is 0.364. The number of anilines is 2. The van der Waals surface area contributed by atoms with Crippen LogP contribution < -0.4 is 16.0 Å². The first-order valence-corrected chi connectivity index (χ1v) is 9.63. The van der Waals surface area contributed by atoms with E-state index < -0.39 is 0 Å². The summed E-state index contributed by atoms with van der Waals surface area (Å²) in [6.45, 7) is 5.47. The maximum absolute atomic E-state index is 12.2. The van der Waals surface area contributed by atoms with E-state index >= 15 is 0 Å². The van der Waals surface area contributed by atoms with Crippen LogP contribution in [-0.4, -0.2) is 37.6 Å². The van der Waals surface area contributed by atoms with Crippen molar-refractivity contribution in [2.24, 2.45) is 0 Å². The molecule has 28 heavy (non-hydrogen) atoms. The largest absolute Gasteiger partial charge is 0.376 e. The first kappa shape index (κ1) is 19.9. The number of benzene rings is 2. The topological polar surface area (TPSA) is 79.5 Å². The molecule has 3 rings (SSSR count). The number of hydrogen-bond acceptors (Lipinski definition) is 4. The van der Waals surface area contributed by atoms with E-state index in [1.807, 2.05) is 32.0 Å². The maximum atomic E-state index is 12.2. The molecule has 1 aliphatic rings.